The van der Waals surface area contributed by atoms with E-state index in [1.807, 2.05) is 59.3 Å². The summed E-state index contributed by atoms with van der Waals surface area (Å²) < 4.78 is 0. The van der Waals surface area contributed by atoms with Gasteiger partial charge in [0.25, 0.3) is 5.91 Å². The highest BCUT2D eigenvalue weighted by atomic mass is 35.5. The van der Waals surface area contributed by atoms with Crippen molar-refractivity contribution in [2.24, 2.45) is 5.10 Å². The van der Waals surface area contributed by atoms with Gasteiger partial charge in [0.1, 0.15) is 0 Å². The summed E-state index contributed by atoms with van der Waals surface area (Å²) in [6, 6.07) is 18.6. The van der Waals surface area contributed by atoms with Crippen molar-refractivity contribution < 1.29 is 4.79 Å². The number of amides is 1. The predicted molar refractivity (Wildman–Crippen MR) is 122 cm³/mol. The molecule has 2 heterocycles. The van der Waals surface area contributed by atoms with E-state index < -0.39 is 0 Å². The van der Waals surface area contributed by atoms with Crippen molar-refractivity contribution in [1.82, 2.24) is 10.4 Å². The number of nitrogens with zero attached hydrogens (tertiary/aromatic N) is 2. The number of halogens is 1. The highest BCUT2D eigenvalue weighted by molar-refractivity contribution is 7.14. The van der Waals surface area contributed by atoms with Gasteiger partial charge in [0.05, 0.1) is 11.9 Å². The van der Waals surface area contributed by atoms with Crippen LogP contribution in [0.2, 0.25) is 5.02 Å². The molecule has 4 rings (SSSR count). The summed E-state index contributed by atoms with van der Waals surface area (Å²) in [6.45, 7) is 0. The van der Waals surface area contributed by atoms with E-state index in [1.165, 1.54) is 11.3 Å². The molecule has 0 fully saturated rings. The summed E-state index contributed by atoms with van der Waals surface area (Å²) in [4.78, 5) is 17.8. The van der Waals surface area contributed by atoms with Crippen molar-refractivity contribution in [2.75, 3.05) is 5.32 Å². The number of rotatable bonds is 6. The number of nitrogens with one attached hydrogen (secondary N) is 2. The molecule has 4 aromatic rings. The van der Waals surface area contributed by atoms with Gasteiger partial charge in [-0.2, -0.15) is 5.10 Å². The number of hydrazone groups is 1. The number of hydrogen-bond donors (Lipinski definition) is 2. The Hall–Kier alpha value is -3.00. The molecule has 144 valence electrons. The maximum Gasteiger partial charge on any atom is 0.271 e. The predicted octanol–water partition coefficient (Wildman–Crippen LogP) is 6.03. The van der Waals surface area contributed by atoms with Crippen LogP contribution in [0.5, 0.6) is 0 Å². The van der Waals surface area contributed by atoms with Crippen LogP contribution in [0.3, 0.4) is 0 Å². The van der Waals surface area contributed by atoms with Crippen LogP contribution in [0.4, 0.5) is 10.8 Å². The lowest BCUT2D eigenvalue weighted by Crippen LogP contribution is -2.17. The van der Waals surface area contributed by atoms with Gasteiger partial charge in [-0.25, -0.2) is 10.4 Å². The van der Waals surface area contributed by atoms with E-state index in [2.05, 4.69) is 20.8 Å². The first-order valence-electron chi connectivity index (χ1n) is 8.63. The topological polar surface area (TPSA) is 66.4 Å². The zero-order valence-electron chi connectivity index (χ0n) is 15.0. The SMILES string of the molecule is O=C(N/N=C\c1cccs1)c1ccc(-c2csc(Nc3ccc(Cl)cc3)n2)cc1. The fourth-order valence-electron chi connectivity index (χ4n) is 2.50. The minimum Gasteiger partial charge on any atom is -0.332 e. The maximum atomic E-state index is 12.2. The van der Waals surface area contributed by atoms with Gasteiger partial charge in [-0.3, -0.25) is 4.79 Å². The number of carbonyl (C=O) groups is 1. The van der Waals surface area contributed by atoms with Crippen LogP contribution in [0.1, 0.15) is 15.2 Å². The van der Waals surface area contributed by atoms with Gasteiger partial charge < -0.3 is 5.32 Å². The lowest BCUT2D eigenvalue weighted by atomic mass is 10.1. The standard InChI is InChI=1S/C21H15ClN4OS2/c22-16-7-9-17(10-8-16)24-21-25-19(13-29-21)14-3-5-15(6-4-14)20(27)26-23-12-18-2-1-11-28-18/h1-13H,(H,24,25)(H,26,27)/b23-12-. The zero-order valence-corrected chi connectivity index (χ0v) is 17.4. The highest BCUT2D eigenvalue weighted by Gasteiger charge is 2.08. The minimum absolute atomic E-state index is 0.257. The van der Waals surface area contributed by atoms with Gasteiger partial charge >= 0.3 is 0 Å². The maximum absolute atomic E-state index is 12.2. The van der Waals surface area contributed by atoms with Crippen molar-refractivity contribution in [3.8, 4) is 11.3 Å². The number of thiazole rings is 1. The molecule has 1 amide bonds. The smallest absolute Gasteiger partial charge is 0.271 e. The first-order valence-corrected chi connectivity index (χ1v) is 10.8. The quantitative estimate of drug-likeness (QED) is 0.285. The molecule has 0 spiro atoms. The molecular weight excluding hydrogens is 424 g/mol. The van der Waals surface area contributed by atoms with Gasteiger partial charge in [0.2, 0.25) is 0 Å². The Bertz CT molecular complexity index is 1120. The van der Waals surface area contributed by atoms with Crippen LogP contribution in [0.15, 0.2) is 76.5 Å². The molecule has 0 aliphatic rings. The molecule has 0 saturated heterocycles. The van der Waals surface area contributed by atoms with Gasteiger partial charge in [-0.1, -0.05) is 29.8 Å². The van der Waals surface area contributed by atoms with Gasteiger partial charge in [-0.15, -0.1) is 22.7 Å². The normalized spacial score (nSPS) is 10.9. The first kappa shape index (κ1) is 19.3. The van der Waals surface area contributed by atoms with Crippen LogP contribution < -0.4 is 10.7 Å². The van der Waals surface area contributed by atoms with E-state index >= 15 is 0 Å². The molecule has 2 aromatic carbocycles. The van der Waals surface area contributed by atoms with Crippen molar-refractivity contribution in [3.63, 3.8) is 0 Å². The molecule has 0 aliphatic carbocycles. The van der Waals surface area contributed by atoms with Crippen molar-refractivity contribution in [1.29, 1.82) is 0 Å². The molecule has 2 N–H and O–H groups in total. The summed E-state index contributed by atoms with van der Waals surface area (Å²) in [5, 5.41) is 12.6. The number of thiophene rings is 1. The molecular formula is C21H15ClN4OS2. The molecule has 0 saturated carbocycles. The molecule has 2 aromatic heterocycles. The third kappa shape index (κ3) is 5.08. The Kier molecular flexibility index (Phi) is 6.00. The van der Waals surface area contributed by atoms with Crippen LogP contribution in [0, 0.1) is 0 Å². The molecule has 0 radical (unpaired) electrons. The van der Waals surface area contributed by atoms with Gasteiger partial charge in [-0.05, 0) is 47.8 Å². The van der Waals surface area contributed by atoms with Crippen LogP contribution >= 0.6 is 34.3 Å². The van der Waals surface area contributed by atoms with Crippen molar-refractivity contribution >= 4 is 57.2 Å². The first-order chi connectivity index (χ1) is 14.2. The molecule has 8 heteroatoms. The van der Waals surface area contributed by atoms with Crippen LogP contribution in [-0.4, -0.2) is 17.1 Å². The van der Waals surface area contributed by atoms with Crippen molar-refractivity contribution in [2.45, 2.75) is 0 Å². The molecule has 0 aliphatic heterocycles. The largest absolute Gasteiger partial charge is 0.332 e. The molecule has 5 nitrogen and oxygen atoms in total. The Morgan fingerprint density at radius 3 is 2.55 bits per heavy atom. The highest BCUT2D eigenvalue weighted by Crippen LogP contribution is 2.27. The summed E-state index contributed by atoms with van der Waals surface area (Å²) in [7, 11) is 0. The van der Waals surface area contributed by atoms with E-state index in [4.69, 9.17) is 11.6 Å². The molecule has 0 unspecified atom stereocenters. The summed E-state index contributed by atoms with van der Waals surface area (Å²) in [5.41, 5.74) is 5.77. The molecule has 0 bridgehead atoms. The summed E-state index contributed by atoms with van der Waals surface area (Å²) in [5.74, 6) is -0.257. The van der Waals surface area contributed by atoms with Crippen molar-refractivity contribution in [3.05, 3.63) is 86.9 Å². The number of hydrogen-bond acceptors (Lipinski definition) is 6. The number of carbonyl (C=O) groups excluding carboxylic acids is 1. The van der Waals surface area contributed by atoms with Crippen LogP contribution in [0.25, 0.3) is 11.3 Å². The Labute approximate surface area is 180 Å². The number of benzene rings is 2. The number of aromatic nitrogens is 1. The van der Waals surface area contributed by atoms with Gasteiger partial charge in [0.15, 0.2) is 5.13 Å². The second-order valence-electron chi connectivity index (χ2n) is 5.96. The summed E-state index contributed by atoms with van der Waals surface area (Å²) >= 11 is 8.98. The third-order valence-corrected chi connectivity index (χ3v) is 5.76. The fraction of sp³-hybridized carbons (Fsp3) is 0. The summed E-state index contributed by atoms with van der Waals surface area (Å²) in [6.07, 6.45) is 1.63. The van der Waals surface area contributed by atoms with E-state index in [0.717, 1.165) is 27.0 Å². The lowest BCUT2D eigenvalue weighted by Gasteiger charge is -2.03. The average Bonchev–Trinajstić information content (AvgIpc) is 3.42. The van der Waals surface area contributed by atoms with Crippen LogP contribution in [-0.2, 0) is 0 Å². The lowest BCUT2D eigenvalue weighted by molar-refractivity contribution is 0.0955. The Balaban J connectivity index is 1.39. The van der Waals surface area contributed by atoms with E-state index in [9.17, 15) is 4.79 Å². The minimum atomic E-state index is -0.257. The van der Waals surface area contributed by atoms with Gasteiger partial charge in [0, 0.05) is 32.1 Å². The fourth-order valence-corrected chi connectivity index (χ4v) is 3.95. The van der Waals surface area contributed by atoms with E-state index in [-0.39, 0.29) is 5.91 Å². The zero-order chi connectivity index (χ0) is 20.1. The molecule has 0 atom stereocenters. The Morgan fingerprint density at radius 1 is 1.03 bits per heavy atom. The second-order valence-corrected chi connectivity index (χ2v) is 8.24. The number of anilines is 2. The third-order valence-electron chi connectivity index (χ3n) is 3.94. The van der Waals surface area contributed by atoms with E-state index in [1.54, 1.807) is 29.7 Å². The average molecular weight is 439 g/mol. The Morgan fingerprint density at radius 2 is 1.83 bits per heavy atom. The molecule has 29 heavy (non-hydrogen) atoms. The monoisotopic (exact) mass is 438 g/mol. The van der Waals surface area contributed by atoms with E-state index in [0.29, 0.717) is 10.6 Å². The second kappa shape index (κ2) is 9.00.